The lowest BCUT2D eigenvalue weighted by molar-refractivity contribution is 0.667. The summed E-state index contributed by atoms with van der Waals surface area (Å²) < 4.78 is 7.23. The van der Waals surface area contributed by atoms with Gasteiger partial charge < -0.3 is 0 Å². The summed E-state index contributed by atoms with van der Waals surface area (Å²) in [6.07, 6.45) is 3.39. The molecule has 0 aliphatic carbocycles. The summed E-state index contributed by atoms with van der Waals surface area (Å²) in [5.41, 5.74) is 1.82. The van der Waals surface area contributed by atoms with Gasteiger partial charge in [0.2, 0.25) is 5.78 Å². The minimum atomic E-state index is -0.407. The van der Waals surface area contributed by atoms with Gasteiger partial charge in [0.05, 0.1) is 0 Å². The Balaban J connectivity index is 2.15. The Bertz CT molecular complexity index is 1290. The standard InChI is InChI=1S/C18H16BrN5O2/c1-4-9-22-16(25)14-15(21(3)18(22)26)20-17-23(14)10-11(2)24(17)13-7-5-12(19)6-8-13/h4-8,10H,1,9H2,2-3H3. The van der Waals surface area contributed by atoms with Gasteiger partial charge in [-0.2, -0.15) is 4.98 Å². The van der Waals surface area contributed by atoms with Crippen LogP contribution in [0.15, 0.2) is 57.2 Å². The molecule has 3 heterocycles. The summed E-state index contributed by atoms with van der Waals surface area (Å²) in [4.78, 5) is 30.0. The van der Waals surface area contributed by atoms with Crippen LogP contribution in [0.5, 0.6) is 0 Å². The molecular formula is C18H16BrN5O2. The van der Waals surface area contributed by atoms with Gasteiger partial charge in [0, 0.05) is 35.6 Å². The van der Waals surface area contributed by atoms with E-state index in [4.69, 9.17) is 0 Å². The zero-order chi connectivity index (χ0) is 18.6. The van der Waals surface area contributed by atoms with Gasteiger partial charge in [-0.05, 0) is 31.2 Å². The van der Waals surface area contributed by atoms with Crippen LogP contribution in [-0.4, -0.2) is 23.1 Å². The van der Waals surface area contributed by atoms with Gasteiger partial charge in [-0.1, -0.05) is 22.0 Å². The number of aryl methyl sites for hydroxylation is 2. The molecule has 0 N–H and O–H groups in total. The number of hydrogen-bond acceptors (Lipinski definition) is 3. The maximum atomic E-state index is 12.9. The molecule has 0 aliphatic rings. The molecule has 0 atom stereocenters. The first-order chi connectivity index (χ1) is 12.4. The number of imidazole rings is 2. The molecule has 3 aromatic heterocycles. The predicted octanol–water partition coefficient (Wildman–Crippen LogP) is 2.40. The lowest BCUT2D eigenvalue weighted by Crippen LogP contribution is -2.39. The predicted molar refractivity (Wildman–Crippen MR) is 104 cm³/mol. The quantitative estimate of drug-likeness (QED) is 0.484. The van der Waals surface area contributed by atoms with E-state index in [0.29, 0.717) is 16.9 Å². The summed E-state index contributed by atoms with van der Waals surface area (Å²) in [5, 5.41) is 0. The first kappa shape index (κ1) is 16.6. The third-order valence-electron chi connectivity index (χ3n) is 4.42. The van der Waals surface area contributed by atoms with E-state index in [2.05, 4.69) is 27.5 Å². The number of benzene rings is 1. The van der Waals surface area contributed by atoms with Gasteiger partial charge in [-0.3, -0.25) is 22.9 Å². The van der Waals surface area contributed by atoms with Crippen molar-refractivity contribution in [3.05, 3.63) is 74.1 Å². The summed E-state index contributed by atoms with van der Waals surface area (Å²) in [5.74, 6) is 0.586. The van der Waals surface area contributed by atoms with Crippen LogP contribution >= 0.6 is 15.9 Å². The summed E-state index contributed by atoms with van der Waals surface area (Å²) in [7, 11) is 1.62. The van der Waals surface area contributed by atoms with Crippen LogP contribution in [-0.2, 0) is 13.6 Å². The van der Waals surface area contributed by atoms with Crippen molar-refractivity contribution in [1.82, 2.24) is 23.1 Å². The highest BCUT2D eigenvalue weighted by Crippen LogP contribution is 2.22. The Morgan fingerprint density at radius 1 is 1.23 bits per heavy atom. The van der Waals surface area contributed by atoms with Gasteiger partial charge in [-0.15, -0.1) is 6.58 Å². The van der Waals surface area contributed by atoms with Crippen molar-refractivity contribution in [2.75, 3.05) is 0 Å². The van der Waals surface area contributed by atoms with Crippen molar-refractivity contribution in [1.29, 1.82) is 0 Å². The molecule has 0 unspecified atom stereocenters. The van der Waals surface area contributed by atoms with Crippen LogP contribution < -0.4 is 11.2 Å². The summed E-state index contributed by atoms with van der Waals surface area (Å²) in [6.45, 7) is 5.73. The van der Waals surface area contributed by atoms with Crippen LogP contribution in [0, 0.1) is 6.92 Å². The zero-order valence-electron chi connectivity index (χ0n) is 14.3. The molecule has 4 aromatic rings. The van der Waals surface area contributed by atoms with E-state index in [1.165, 1.54) is 10.6 Å². The topological polar surface area (TPSA) is 66.2 Å². The Morgan fingerprint density at radius 3 is 2.58 bits per heavy atom. The second-order valence-electron chi connectivity index (χ2n) is 6.08. The fourth-order valence-electron chi connectivity index (χ4n) is 3.21. The first-order valence-electron chi connectivity index (χ1n) is 8.01. The van der Waals surface area contributed by atoms with Gasteiger partial charge >= 0.3 is 5.69 Å². The zero-order valence-corrected chi connectivity index (χ0v) is 15.9. The highest BCUT2D eigenvalue weighted by Gasteiger charge is 2.20. The van der Waals surface area contributed by atoms with Crippen LogP contribution in [0.3, 0.4) is 0 Å². The number of halogens is 1. The third-order valence-corrected chi connectivity index (χ3v) is 4.95. The average Bonchev–Trinajstić information content (AvgIpc) is 3.12. The molecule has 0 amide bonds. The van der Waals surface area contributed by atoms with E-state index < -0.39 is 5.69 Å². The van der Waals surface area contributed by atoms with E-state index in [9.17, 15) is 9.59 Å². The average molecular weight is 414 g/mol. The number of aromatic nitrogens is 5. The van der Waals surface area contributed by atoms with Gasteiger partial charge in [0.15, 0.2) is 11.2 Å². The largest absolute Gasteiger partial charge is 0.332 e. The SMILES string of the molecule is C=CCn1c(=O)c2c(nc3n(-c4ccc(Br)cc4)c(C)cn23)n(C)c1=O. The molecule has 7 nitrogen and oxygen atoms in total. The molecular weight excluding hydrogens is 398 g/mol. The summed E-state index contributed by atoms with van der Waals surface area (Å²) in [6, 6.07) is 7.82. The highest BCUT2D eigenvalue weighted by atomic mass is 79.9. The minimum Gasteiger partial charge on any atom is -0.283 e. The van der Waals surface area contributed by atoms with Crippen LogP contribution in [0.4, 0.5) is 0 Å². The Hall–Kier alpha value is -2.87. The molecule has 0 fully saturated rings. The normalized spacial score (nSPS) is 11.5. The van der Waals surface area contributed by atoms with Gasteiger partial charge in [0.1, 0.15) is 0 Å². The first-order valence-corrected chi connectivity index (χ1v) is 8.80. The van der Waals surface area contributed by atoms with Crippen LogP contribution in [0.1, 0.15) is 5.69 Å². The van der Waals surface area contributed by atoms with Crippen molar-refractivity contribution in [3.8, 4) is 5.69 Å². The maximum absolute atomic E-state index is 12.9. The number of hydrogen-bond donors (Lipinski definition) is 0. The van der Waals surface area contributed by atoms with Crippen molar-refractivity contribution in [2.45, 2.75) is 13.5 Å². The second-order valence-corrected chi connectivity index (χ2v) is 7.00. The molecule has 0 spiro atoms. The number of fused-ring (bicyclic) bond motifs is 3. The molecule has 0 saturated heterocycles. The molecule has 0 saturated carbocycles. The Kier molecular flexibility index (Phi) is 3.73. The highest BCUT2D eigenvalue weighted by molar-refractivity contribution is 9.10. The third kappa shape index (κ3) is 2.22. The minimum absolute atomic E-state index is 0.154. The molecule has 8 heteroatoms. The van der Waals surface area contributed by atoms with Crippen molar-refractivity contribution < 1.29 is 0 Å². The number of allylic oxidation sites excluding steroid dienone is 1. The van der Waals surface area contributed by atoms with Gasteiger partial charge in [-0.25, -0.2) is 4.79 Å². The lowest BCUT2D eigenvalue weighted by atomic mass is 10.3. The number of nitrogens with zero attached hydrogens (tertiary/aromatic N) is 5. The van der Waals surface area contributed by atoms with E-state index in [0.717, 1.165) is 20.4 Å². The molecule has 0 bridgehead atoms. The molecule has 132 valence electrons. The fourth-order valence-corrected chi connectivity index (χ4v) is 3.47. The molecule has 1 aromatic carbocycles. The molecule has 0 radical (unpaired) electrons. The fraction of sp³-hybridized carbons (Fsp3) is 0.167. The monoisotopic (exact) mass is 413 g/mol. The van der Waals surface area contributed by atoms with Gasteiger partial charge in [0.25, 0.3) is 5.56 Å². The summed E-state index contributed by atoms with van der Waals surface area (Å²) >= 11 is 3.43. The molecule has 4 rings (SSSR count). The van der Waals surface area contributed by atoms with E-state index in [1.807, 2.05) is 42.0 Å². The molecule has 26 heavy (non-hydrogen) atoms. The second kappa shape index (κ2) is 5.84. The van der Waals surface area contributed by atoms with E-state index in [1.54, 1.807) is 11.4 Å². The van der Waals surface area contributed by atoms with E-state index >= 15 is 0 Å². The molecule has 0 aliphatic heterocycles. The Labute approximate surface area is 156 Å². The lowest BCUT2D eigenvalue weighted by Gasteiger charge is -2.06. The van der Waals surface area contributed by atoms with Crippen molar-refractivity contribution in [2.24, 2.45) is 7.05 Å². The smallest absolute Gasteiger partial charge is 0.283 e. The van der Waals surface area contributed by atoms with E-state index in [-0.39, 0.29) is 12.1 Å². The van der Waals surface area contributed by atoms with Crippen molar-refractivity contribution >= 4 is 32.9 Å². The number of rotatable bonds is 3. The Morgan fingerprint density at radius 2 is 1.92 bits per heavy atom. The van der Waals surface area contributed by atoms with Crippen molar-refractivity contribution in [3.63, 3.8) is 0 Å². The van der Waals surface area contributed by atoms with Crippen LogP contribution in [0.2, 0.25) is 0 Å². The maximum Gasteiger partial charge on any atom is 0.332 e. The van der Waals surface area contributed by atoms with Crippen LogP contribution in [0.25, 0.3) is 22.6 Å².